The Morgan fingerprint density at radius 3 is 2.18 bits per heavy atom. The molecule has 230 valence electrons. The highest BCUT2D eigenvalue weighted by molar-refractivity contribution is 7.12. The number of nitrogens with zero attached hydrogens (tertiary/aromatic N) is 1. The van der Waals surface area contributed by atoms with Crippen molar-refractivity contribution in [3.63, 3.8) is 0 Å². The van der Waals surface area contributed by atoms with Crippen LogP contribution in [0.1, 0.15) is 34.7 Å². The van der Waals surface area contributed by atoms with Gasteiger partial charge in [-0.15, -0.1) is 11.3 Å². The van der Waals surface area contributed by atoms with E-state index < -0.39 is 24.1 Å². The van der Waals surface area contributed by atoms with Gasteiger partial charge in [0.2, 0.25) is 11.8 Å². The summed E-state index contributed by atoms with van der Waals surface area (Å²) in [6.45, 7) is 4.95. The molecule has 44 heavy (non-hydrogen) atoms. The van der Waals surface area contributed by atoms with Crippen molar-refractivity contribution in [1.82, 2.24) is 20.9 Å². The molecular weight excluding hydrogens is 578 g/mol. The number of hydrogen-bond donors (Lipinski definition) is 4. The van der Waals surface area contributed by atoms with Gasteiger partial charge >= 0.3 is 6.09 Å². The fraction of sp³-hybridized carbons (Fsp3) is 0.273. The lowest BCUT2D eigenvalue weighted by Gasteiger charge is -2.23. The molecule has 0 aliphatic carbocycles. The predicted molar refractivity (Wildman–Crippen MR) is 169 cm³/mol. The second-order valence-electron chi connectivity index (χ2n) is 10.1. The van der Waals surface area contributed by atoms with Crippen LogP contribution in [0.15, 0.2) is 84.5 Å². The van der Waals surface area contributed by atoms with E-state index in [0.717, 1.165) is 27.8 Å². The Morgan fingerprint density at radius 1 is 0.864 bits per heavy atom. The maximum Gasteiger partial charge on any atom is 0.414 e. The number of amides is 3. The normalized spacial score (nSPS) is 12.1. The van der Waals surface area contributed by atoms with Crippen LogP contribution in [0.3, 0.4) is 0 Å². The lowest BCUT2D eigenvalue weighted by molar-refractivity contribution is -0.130. The van der Waals surface area contributed by atoms with Crippen LogP contribution in [0.25, 0.3) is 0 Å². The van der Waals surface area contributed by atoms with Gasteiger partial charge < -0.3 is 31.2 Å². The van der Waals surface area contributed by atoms with Crippen molar-refractivity contribution in [1.29, 1.82) is 0 Å². The molecule has 0 spiro atoms. The first-order valence-corrected chi connectivity index (χ1v) is 15.2. The van der Waals surface area contributed by atoms with Crippen molar-refractivity contribution >= 4 is 29.2 Å². The van der Waals surface area contributed by atoms with Gasteiger partial charge in [-0.1, -0.05) is 42.5 Å². The van der Waals surface area contributed by atoms with Crippen LogP contribution in [0, 0.1) is 6.92 Å². The van der Waals surface area contributed by atoms with Gasteiger partial charge in [0, 0.05) is 43.9 Å². The third kappa shape index (κ3) is 9.65. The molecular formula is C33H37N5O5S. The Bertz CT molecular complexity index is 1510. The van der Waals surface area contributed by atoms with Crippen molar-refractivity contribution in [2.24, 2.45) is 5.73 Å². The quantitative estimate of drug-likeness (QED) is 0.168. The fourth-order valence-corrected chi connectivity index (χ4v) is 5.17. The zero-order chi connectivity index (χ0) is 31.3. The van der Waals surface area contributed by atoms with E-state index in [1.54, 1.807) is 30.6 Å². The summed E-state index contributed by atoms with van der Waals surface area (Å²) < 4.78 is 11.0. The third-order valence-corrected chi connectivity index (χ3v) is 7.70. The van der Waals surface area contributed by atoms with E-state index in [2.05, 4.69) is 20.9 Å². The Hall–Kier alpha value is -4.74. The van der Waals surface area contributed by atoms with Crippen LogP contribution in [0.5, 0.6) is 10.8 Å². The number of rotatable bonds is 14. The number of nitrogens with one attached hydrogen (secondary N) is 3. The minimum Gasteiger partial charge on any atom is -0.494 e. The first kappa shape index (κ1) is 32.2. The summed E-state index contributed by atoms with van der Waals surface area (Å²) >= 11 is 1.28. The minimum atomic E-state index is -1.03. The molecule has 10 nitrogen and oxygen atoms in total. The number of aryl methyl sites for hydroxylation is 1. The average Bonchev–Trinajstić information content (AvgIpc) is 3.44. The minimum absolute atomic E-state index is 0.158. The van der Waals surface area contributed by atoms with Crippen LogP contribution >= 0.6 is 11.3 Å². The Kier molecular flexibility index (Phi) is 11.8. The number of carbonyl (C=O) groups excluding carboxylic acids is 3. The summed E-state index contributed by atoms with van der Waals surface area (Å²) in [4.78, 5) is 44.2. The van der Waals surface area contributed by atoms with Crippen LogP contribution in [-0.2, 0) is 35.5 Å². The number of ether oxygens (including phenoxy) is 2. The number of hydrogen-bond acceptors (Lipinski definition) is 8. The Labute approximate surface area is 261 Å². The highest BCUT2D eigenvalue weighted by Gasteiger charge is 2.28. The SMILES string of the molecule is CCOc1ccc(C[C@@H](NC(=O)Oc2sccc2C)C(=O)N[C@@H](Cc2cccnc2)C(=O)NCc2ccc(CN)cc2)cc1. The molecule has 0 fully saturated rings. The van der Waals surface area contributed by atoms with E-state index >= 15 is 0 Å². The van der Waals surface area contributed by atoms with Gasteiger partial charge in [0.25, 0.3) is 0 Å². The molecule has 0 unspecified atom stereocenters. The first-order valence-electron chi connectivity index (χ1n) is 14.3. The molecule has 0 saturated heterocycles. The van der Waals surface area contributed by atoms with Crippen LogP contribution in [-0.4, -0.2) is 41.6 Å². The molecule has 2 heterocycles. The van der Waals surface area contributed by atoms with E-state index in [1.807, 2.05) is 67.8 Å². The summed E-state index contributed by atoms with van der Waals surface area (Å²) in [6.07, 6.45) is 2.88. The number of benzene rings is 2. The lowest BCUT2D eigenvalue weighted by Crippen LogP contribution is -2.55. The van der Waals surface area contributed by atoms with Crippen LogP contribution in [0.2, 0.25) is 0 Å². The molecule has 2 aromatic heterocycles. The van der Waals surface area contributed by atoms with Crippen molar-refractivity contribution in [2.45, 2.75) is 51.9 Å². The summed E-state index contributed by atoms with van der Waals surface area (Å²) in [7, 11) is 0. The molecule has 2 aromatic carbocycles. The van der Waals surface area contributed by atoms with E-state index in [4.69, 9.17) is 15.2 Å². The highest BCUT2D eigenvalue weighted by Crippen LogP contribution is 2.25. The summed E-state index contributed by atoms with van der Waals surface area (Å²) in [6, 6.07) is 18.4. The van der Waals surface area contributed by atoms with E-state index in [9.17, 15) is 14.4 Å². The van der Waals surface area contributed by atoms with Crippen LogP contribution < -0.4 is 31.2 Å². The van der Waals surface area contributed by atoms with Crippen molar-refractivity contribution in [3.8, 4) is 10.8 Å². The van der Waals surface area contributed by atoms with Gasteiger partial charge in [-0.2, -0.15) is 0 Å². The molecule has 3 amide bonds. The average molecular weight is 616 g/mol. The fourth-order valence-electron chi connectivity index (χ4n) is 4.39. The summed E-state index contributed by atoms with van der Waals surface area (Å²) in [5, 5.41) is 10.7. The molecule has 0 aliphatic rings. The standard InChI is InChI=1S/C33H37N5O5S/c1-3-42-27-12-10-23(11-13-27)17-29(38-33(41)43-32-22(2)14-16-44-32)31(40)37-28(18-26-5-4-15-35-20-26)30(39)36-21-25-8-6-24(19-34)7-9-25/h4-16,20,28-29H,3,17-19,21,34H2,1-2H3,(H,36,39)(H,37,40)(H,38,41)/t28-,29+/m0/s1. The zero-order valence-electron chi connectivity index (χ0n) is 24.7. The topological polar surface area (TPSA) is 145 Å². The van der Waals surface area contributed by atoms with Gasteiger partial charge in [0.1, 0.15) is 17.8 Å². The van der Waals surface area contributed by atoms with Gasteiger partial charge in [0.05, 0.1) is 6.61 Å². The largest absolute Gasteiger partial charge is 0.494 e. The van der Waals surface area contributed by atoms with Crippen molar-refractivity contribution in [3.05, 3.63) is 112 Å². The second-order valence-corrected chi connectivity index (χ2v) is 11.0. The molecule has 11 heteroatoms. The number of pyridine rings is 1. The van der Waals surface area contributed by atoms with Crippen LogP contribution in [0.4, 0.5) is 4.79 Å². The number of thiophene rings is 1. The maximum absolute atomic E-state index is 13.8. The van der Waals surface area contributed by atoms with E-state index in [0.29, 0.717) is 24.0 Å². The van der Waals surface area contributed by atoms with Crippen molar-refractivity contribution < 1.29 is 23.9 Å². The Morgan fingerprint density at radius 2 is 1.55 bits per heavy atom. The molecule has 4 aromatic rings. The molecule has 4 rings (SSSR count). The molecule has 5 N–H and O–H groups in total. The maximum atomic E-state index is 13.8. The zero-order valence-corrected chi connectivity index (χ0v) is 25.6. The molecule has 0 saturated carbocycles. The highest BCUT2D eigenvalue weighted by atomic mass is 32.1. The molecule has 0 bridgehead atoms. The number of nitrogens with two attached hydrogens (primary N) is 1. The monoisotopic (exact) mass is 615 g/mol. The predicted octanol–water partition coefficient (Wildman–Crippen LogP) is 4.05. The first-order chi connectivity index (χ1) is 21.3. The van der Waals surface area contributed by atoms with Crippen molar-refractivity contribution in [2.75, 3.05) is 6.61 Å². The molecule has 0 radical (unpaired) electrons. The van der Waals surface area contributed by atoms with E-state index in [1.165, 1.54) is 11.3 Å². The lowest BCUT2D eigenvalue weighted by atomic mass is 10.0. The Balaban J connectivity index is 1.51. The summed E-state index contributed by atoms with van der Waals surface area (Å²) in [5.41, 5.74) is 9.93. The molecule has 2 atom stereocenters. The summed E-state index contributed by atoms with van der Waals surface area (Å²) in [5.74, 6) is -0.208. The van der Waals surface area contributed by atoms with Gasteiger partial charge in [-0.3, -0.25) is 14.6 Å². The second kappa shape index (κ2) is 16.2. The van der Waals surface area contributed by atoms with Gasteiger partial charge in [-0.25, -0.2) is 4.79 Å². The van der Waals surface area contributed by atoms with Gasteiger partial charge in [-0.05, 0) is 65.7 Å². The number of aromatic nitrogens is 1. The number of carbonyl (C=O) groups is 3. The molecule has 0 aliphatic heterocycles. The smallest absolute Gasteiger partial charge is 0.414 e. The third-order valence-electron chi connectivity index (χ3n) is 6.80. The van der Waals surface area contributed by atoms with E-state index in [-0.39, 0.29) is 25.3 Å². The van der Waals surface area contributed by atoms with Gasteiger partial charge in [0.15, 0.2) is 5.06 Å².